The third kappa shape index (κ3) is 3.23. The number of hydrogen-bond donors (Lipinski definition) is 2. The molecule has 1 aliphatic carbocycles. The lowest BCUT2D eigenvalue weighted by Crippen LogP contribution is -2.29. The first-order valence-corrected chi connectivity index (χ1v) is 5.57. The molecular formula is C12H14F2N2O. The van der Waals surface area contributed by atoms with Crippen molar-refractivity contribution in [2.45, 2.75) is 25.3 Å². The lowest BCUT2D eigenvalue weighted by atomic mass is 10.1. The second kappa shape index (κ2) is 4.79. The molecule has 1 atom stereocenters. The van der Waals surface area contributed by atoms with Gasteiger partial charge in [0.2, 0.25) is 5.91 Å². The molecule has 0 bridgehead atoms. The molecule has 1 saturated carbocycles. The number of hydrogen-bond acceptors (Lipinski definition) is 2. The summed E-state index contributed by atoms with van der Waals surface area (Å²) in [6, 6.07) is 2.86. The van der Waals surface area contributed by atoms with Crippen LogP contribution in [0.25, 0.3) is 0 Å². The van der Waals surface area contributed by atoms with E-state index >= 15 is 0 Å². The molecule has 1 aliphatic rings. The van der Waals surface area contributed by atoms with E-state index in [4.69, 9.17) is 5.73 Å². The summed E-state index contributed by atoms with van der Waals surface area (Å²) < 4.78 is 25.9. The number of halogens is 2. The van der Waals surface area contributed by atoms with Crippen LogP contribution in [0.5, 0.6) is 0 Å². The summed E-state index contributed by atoms with van der Waals surface area (Å²) in [5, 5.41) is 2.39. The van der Waals surface area contributed by atoms with E-state index in [1.54, 1.807) is 0 Å². The maximum atomic E-state index is 13.2. The number of amides is 1. The van der Waals surface area contributed by atoms with Crippen molar-refractivity contribution in [3.63, 3.8) is 0 Å². The number of nitrogens with two attached hydrogens (primary N) is 1. The van der Waals surface area contributed by atoms with E-state index in [0.717, 1.165) is 25.0 Å². The number of rotatable bonds is 4. The van der Waals surface area contributed by atoms with Crippen molar-refractivity contribution in [1.29, 1.82) is 0 Å². The average Bonchev–Trinajstić information content (AvgIpc) is 3.05. The number of nitrogens with one attached hydrogen (secondary N) is 1. The van der Waals surface area contributed by atoms with Gasteiger partial charge in [-0.25, -0.2) is 8.78 Å². The summed E-state index contributed by atoms with van der Waals surface area (Å²) >= 11 is 0. The largest absolute Gasteiger partial charge is 0.327 e. The lowest BCUT2D eigenvalue weighted by Gasteiger charge is -2.10. The van der Waals surface area contributed by atoms with Gasteiger partial charge in [0.25, 0.3) is 0 Å². The number of anilines is 1. The molecule has 0 radical (unpaired) electrons. The van der Waals surface area contributed by atoms with Crippen molar-refractivity contribution in [1.82, 2.24) is 0 Å². The molecular weight excluding hydrogens is 226 g/mol. The Morgan fingerprint density at radius 2 is 2.18 bits per heavy atom. The first kappa shape index (κ1) is 12.0. The maximum Gasteiger partial charge on any atom is 0.226 e. The smallest absolute Gasteiger partial charge is 0.226 e. The van der Waals surface area contributed by atoms with Gasteiger partial charge < -0.3 is 11.1 Å². The maximum absolute atomic E-state index is 13.2. The van der Waals surface area contributed by atoms with Gasteiger partial charge in [-0.1, -0.05) is 0 Å². The van der Waals surface area contributed by atoms with E-state index in [0.29, 0.717) is 5.92 Å². The summed E-state index contributed by atoms with van der Waals surface area (Å²) in [7, 11) is 0. The van der Waals surface area contributed by atoms with Crippen molar-refractivity contribution in [2.24, 2.45) is 11.7 Å². The highest BCUT2D eigenvalue weighted by atomic mass is 19.1. The van der Waals surface area contributed by atoms with Crippen molar-refractivity contribution < 1.29 is 13.6 Å². The molecule has 0 spiro atoms. The molecule has 0 saturated heterocycles. The second-order valence-corrected chi connectivity index (χ2v) is 4.38. The van der Waals surface area contributed by atoms with Crippen LogP contribution in [0.4, 0.5) is 14.5 Å². The summed E-state index contributed by atoms with van der Waals surface area (Å²) in [6.45, 7) is 0. The second-order valence-electron chi connectivity index (χ2n) is 4.38. The van der Waals surface area contributed by atoms with Gasteiger partial charge in [-0.3, -0.25) is 4.79 Å². The molecule has 1 fully saturated rings. The Hall–Kier alpha value is -1.49. The SMILES string of the molecule is NC(CC(=O)Nc1ccc(F)cc1F)C1CC1. The van der Waals surface area contributed by atoms with Crippen LogP contribution in [0.2, 0.25) is 0 Å². The molecule has 0 heterocycles. The zero-order chi connectivity index (χ0) is 12.4. The van der Waals surface area contributed by atoms with Crippen LogP contribution in [0.1, 0.15) is 19.3 Å². The molecule has 3 nitrogen and oxygen atoms in total. The van der Waals surface area contributed by atoms with Gasteiger partial charge >= 0.3 is 0 Å². The standard InChI is InChI=1S/C12H14F2N2O/c13-8-3-4-11(9(14)5-8)16-12(17)6-10(15)7-1-2-7/h3-5,7,10H,1-2,6,15H2,(H,16,17). The minimum atomic E-state index is -0.779. The fourth-order valence-corrected chi connectivity index (χ4v) is 1.70. The fraction of sp³-hybridized carbons (Fsp3) is 0.417. The molecule has 2 rings (SSSR count). The average molecular weight is 240 g/mol. The Labute approximate surface area is 98.0 Å². The van der Waals surface area contributed by atoms with Gasteiger partial charge in [0.1, 0.15) is 11.6 Å². The minimum Gasteiger partial charge on any atom is -0.327 e. The zero-order valence-corrected chi connectivity index (χ0v) is 9.25. The van der Waals surface area contributed by atoms with E-state index in [1.165, 1.54) is 6.07 Å². The minimum absolute atomic E-state index is 0.0144. The van der Waals surface area contributed by atoms with Gasteiger partial charge in [-0.2, -0.15) is 0 Å². The Kier molecular flexibility index (Phi) is 3.38. The Morgan fingerprint density at radius 3 is 2.76 bits per heavy atom. The molecule has 1 unspecified atom stereocenters. The lowest BCUT2D eigenvalue weighted by molar-refractivity contribution is -0.116. The molecule has 92 valence electrons. The Bertz CT molecular complexity index is 433. The van der Waals surface area contributed by atoms with Crippen LogP contribution in [0, 0.1) is 17.6 Å². The van der Waals surface area contributed by atoms with E-state index < -0.39 is 11.6 Å². The monoisotopic (exact) mass is 240 g/mol. The molecule has 1 aromatic rings. The third-order valence-electron chi connectivity index (χ3n) is 2.85. The first-order valence-electron chi connectivity index (χ1n) is 5.57. The molecule has 1 amide bonds. The van der Waals surface area contributed by atoms with Crippen LogP contribution < -0.4 is 11.1 Å². The van der Waals surface area contributed by atoms with Crippen LogP contribution in [0.3, 0.4) is 0 Å². The van der Waals surface area contributed by atoms with Crippen molar-refractivity contribution >= 4 is 11.6 Å². The van der Waals surface area contributed by atoms with Gasteiger partial charge in [0, 0.05) is 18.5 Å². The summed E-state index contributed by atoms with van der Waals surface area (Å²) in [5.74, 6) is -1.37. The molecule has 17 heavy (non-hydrogen) atoms. The molecule has 0 aliphatic heterocycles. The van der Waals surface area contributed by atoms with E-state index in [9.17, 15) is 13.6 Å². The van der Waals surface area contributed by atoms with Gasteiger partial charge in [-0.15, -0.1) is 0 Å². The summed E-state index contributed by atoms with van der Waals surface area (Å²) in [4.78, 5) is 11.5. The molecule has 5 heteroatoms. The highest BCUT2D eigenvalue weighted by molar-refractivity contribution is 5.91. The van der Waals surface area contributed by atoms with Gasteiger partial charge in [0.15, 0.2) is 0 Å². The van der Waals surface area contributed by atoms with Crippen molar-refractivity contribution in [3.05, 3.63) is 29.8 Å². The highest BCUT2D eigenvalue weighted by Gasteiger charge is 2.29. The van der Waals surface area contributed by atoms with E-state index in [-0.39, 0.29) is 24.1 Å². The van der Waals surface area contributed by atoms with E-state index in [1.807, 2.05) is 0 Å². The van der Waals surface area contributed by atoms with Crippen molar-refractivity contribution in [3.8, 4) is 0 Å². The quantitative estimate of drug-likeness (QED) is 0.846. The van der Waals surface area contributed by atoms with Crippen LogP contribution >= 0.6 is 0 Å². The van der Waals surface area contributed by atoms with Crippen LogP contribution in [-0.4, -0.2) is 11.9 Å². The van der Waals surface area contributed by atoms with Gasteiger partial charge in [0.05, 0.1) is 5.69 Å². The third-order valence-corrected chi connectivity index (χ3v) is 2.85. The van der Waals surface area contributed by atoms with Crippen molar-refractivity contribution in [2.75, 3.05) is 5.32 Å². The predicted octanol–water partition coefficient (Wildman–Crippen LogP) is 2.03. The fourth-order valence-electron chi connectivity index (χ4n) is 1.70. The predicted molar refractivity (Wildman–Crippen MR) is 60.3 cm³/mol. The van der Waals surface area contributed by atoms with Crippen LogP contribution in [0.15, 0.2) is 18.2 Å². The molecule has 0 aromatic heterocycles. The molecule has 1 aromatic carbocycles. The molecule has 3 N–H and O–H groups in total. The Morgan fingerprint density at radius 1 is 1.47 bits per heavy atom. The number of carbonyl (C=O) groups excluding carboxylic acids is 1. The topological polar surface area (TPSA) is 55.1 Å². The summed E-state index contributed by atoms with van der Waals surface area (Å²) in [5.41, 5.74) is 5.77. The first-order chi connectivity index (χ1) is 8.06. The number of carbonyl (C=O) groups is 1. The Balaban J connectivity index is 1.92. The van der Waals surface area contributed by atoms with Gasteiger partial charge in [-0.05, 0) is 30.9 Å². The van der Waals surface area contributed by atoms with Crippen LogP contribution in [-0.2, 0) is 4.79 Å². The normalized spacial score (nSPS) is 16.6. The van der Waals surface area contributed by atoms with E-state index in [2.05, 4.69) is 5.32 Å². The zero-order valence-electron chi connectivity index (χ0n) is 9.25. The number of benzene rings is 1. The summed E-state index contributed by atoms with van der Waals surface area (Å²) in [6.07, 6.45) is 2.28. The highest BCUT2D eigenvalue weighted by Crippen LogP contribution is 2.32.